The second-order valence-corrected chi connectivity index (χ2v) is 4.71. The van der Waals surface area contributed by atoms with E-state index in [4.69, 9.17) is 10.4 Å². The van der Waals surface area contributed by atoms with Crippen molar-refractivity contribution in [1.29, 1.82) is 0 Å². The van der Waals surface area contributed by atoms with Gasteiger partial charge in [0.1, 0.15) is 5.69 Å². The molecule has 19 heavy (non-hydrogen) atoms. The lowest BCUT2D eigenvalue weighted by Crippen LogP contribution is -2.48. The summed E-state index contributed by atoms with van der Waals surface area (Å²) in [5, 5.41) is 5.91. The third-order valence-electron chi connectivity index (χ3n) is 3.27. The van der Waals surface area contributed by atoms with Gasteiger partial charge in [0.25, 0.3) is 0 Å². The fraction of sp³-hybridized carbons (Fsp3) is 0.385. The number of hydrogen-bond donors (Lipinski definition) is 1. The average Bonchev–Trinajstić information content (AvgIpc) is 2.91. The normalized spacial score (nSPS) is 17.7. The molecule has 6 heteroatoms. The predicted octanol–water partition coefficient (Wildman–Crippen LogP) is 0.728. The number of nitrogens with zero attached hydrogens (tertiary/aromatic N) is 4. The molecule has 0 spiro atoms. The van der Waals surface area contributed by atoms with Gasteiger partial charge in [-0.3, -0.25) is 15.7 Å². The number of pyridine rings is 1. The highest BCUT2D eigenvalue weighted by atomic mass is 16.5. The van der Waals surface area contributed by atoms with Gasteiger partial charge in [-0.25, -0.2) is 5.01 Å². The minimum absolute atomic E-state index is 0.772. The molecule has 0 saturated carbocycles. The molecule has 2 aromatic rings. The molecule has 0 aromatic carbocycles. The Labute approximate surface area is 111 Å². The van der Waals surface area contributed by atoms with Crippen LogP contribution in [0.2, 0.25) is 0 Å². The third-order valence-corrected chi connectivity index (χ3v) is 3.27. The van der Waals surface area contributed by atoms with Crippen LogP contribution in [0.15, 0.2) is 35.0 Å². The van der Waals surface area contributed by atoms with E-state index in [-0.39, 0.29) is 0 Å². The molecule has 0 aliphatic carbocycles. The number of aromatic nitrogens is 2. The first-order valence-corrected chi connectivity index (χ1v) is 6.40. The van der Waals surface area contributed by atoms with Crippen molar-refractivity contribution in [3.05, 3.63) is 36.2 Å². The lowest BCUT2D eigenvalue weighted by molar-refractivity contribution is 0.119. The Hall–Kier alpha value is -1.76. The fourth-order valence-electron chi connectivity index (χ4n) is 2.16. The van der Waals surface area contributed by atoms with Crippen molar-refractivity contribution < 1.29 is 4.52 Å². The van der Waals surface area contributed by atoms with Gasteiger partial charge in [0, 0.05) is 38.4 Å². The largest absolute Gasteiger partial charge is 0.359 e. The first-order chi connectivity index (χ1) is 9.31. The molecule has 1 fully saturated rings. The smallest absolute Gasteiger partial charge is 0.151 e. The summed E-state index contributed by atoms with van der Waals surface area (Å²) in [7, 11) is 0. The van der Waals surface area contributed by atoms with E-state index in [9.17, 15) is 0 Å². The molecule has 2 N–H and O–H groups in total. The van der Waals surface area contributed by atoms with E-state index in [1.54, 1.807) is 6.20 Å². The Morgan fingerprint density at radius 3 is 2.74 bits per heavy atom. The van der Waals surface area contributed by atoms with Crippen LogP contribution < -0.4 is 5.84 Å². The molecule has 1 aliphatic heterocycles. The topological polar surface area (TPSA) is 71.4 Å². The minimum Gasteiger partial charge on any atom is -0.359 e. The standard InChI is InChI=1S/C13H17N5O/c14-18-7-5-17(6-8-18)10-11-9-13(16-19-11)12-3-1-2-4-15-12/h1-4,9H,5-8,10,14H2. The van der Waals surface area contributed by atoms with E-state index < -0.39 is 0 Å². The Balaban J connectivity index is 1.65. The molecule has 3 rings (SSSR count). The van der Waals surface area contributed by atoms with Gasteiger partial charge in [-0.15, -0.1) is 0 Å². The van der Waals surface area contributed by atoms with Crippen molar-refractivity contribution in [3.8, 4) is 11.4 Å². The molecule has 0 radical (unpaired) electrons. The Morgan fingerprint density at radius 2 is 2.00 bits per heavy atom. The first kappa shape index (κ1) is 12.3. The summed E-state index contributed by atoms with van der Waals surface area (Å²) in [5.74, 6) is 6.60. The molecule has 1 saturated heterocycles. The van der Waals surface area contributed by atoms with Gasteiger partial charge in [-0.2, -0.15) is 0 Å². The van der Waals surface area contributed by atoms with Gasteiger partial charge in [-0.05, 0) is 12.1 Å². The van der Waals surface area contributed by atoms with E-state index >= 15 is 0 Å². The van der Waals surface area contributed by atoms with Crippen molar-refractivity contribution in [2.45, 2.75) is 6.54 Å². The summed E-state index contributed by atoms with van der Waals surface area (Å²) in [5.41, 5.74) is 1.62. The van der Waals surface area contributed by atoms with E-state index in [1.165, 1.54) is 0 Å². The summed E-state index contributed by atoms with van der Waals surface area (Å²) in [6, 6.07) is 7.71. The highest BCUT2D eigenvalue weighted by Crippen LogP contribution is 2.17. The Bertz CT molecular complexity index is 519. The van der Waals surface area contributed by atoms with Gasteiger partial charge in [0.15, 0.2) is 5.76 Å². The van der Waals surface area contributed by atoms with Crippen LogP contribution in [0.4, 0.5) is 0 Å². The highest BCUT2D eigenvalue weighted by Gasteiger charge is 2.16. The minimum atomic E-state index is 0.772. The SMILES string of the molecule is NN1CCN(Cc2cc(-c3ccccn3)no2)CC1. The number of piperazine rings is 1. The summed E-state index contributed by atoms with van der Waals surface area (Å²) < 4.78 is 5.37. The zero-order chi connectivity index (χ0) is 13.1. The van der Waals surface area contributed by atoms with E-state index in [0.29, 0.717) is 0 Å². The van der Waals surface area contributed by atoms with Crippen molar-refractivity contribution in [1.82, 2.24) is 20.0 Å². The van der Waals surface area contributed by atoms with Gasteiger partial charge in [-0.1, -0.05) is 11.2 Å². The lowest BCUT2D eigenvalue weighted by Gasteiger charge is -2.30. The molecule has 3 heterocycles. The molecule has 0 amide bonds. The average molecular weight is 259 g/mol. The van der Waals surface area contributed by atoms with Crippen LogP contribution in [0.5, 0.6) is 0 Å². The molecule has 1 aliphatic rings. The van der Waals surface area contributed by atoms with Gasteiger partial charge in [0.05, 0.1) is 12.2 Å². The fourth-order valence-corrected chi connectivity index (χ4v) is 2.16. The van der Waals surface area contributed by atoms with Crippen LogP contribution in [0, 0.1) is 0 Å². The van der Waals surface area contributed by atoms with Crippen molar-refractivity contribution in [2.24, 2.45) is 5.84 Å². The molecule has 0 bridgehead atoms. The maximum Gasteiger partial charge on any atom is 0.151 e. The van der Waals surface area contributed by atoms with E-state index in [2.05, 4.69) is 15.0 Å². The molecule has 100 valence electrons. The number of hydrogen-bond acceptors (Lipinski definition) is 6. The summed E-state index contributed by atoms with van der Waals surface area (Å²) in [6.07, 6.45) is 1.75. The molecule has 0 unspecified atom stereocenters. The maximum absolute atomic E-state index is 5.73. The molecular weight excluding hydrogens is 242 g/mol. The predicted molar refractivity (Wildman–Crippen MR) is 70.8 cm³/mol. The molecule has 0 atom stereocenters. The van der Waals surface area contributed by atoms with Crippen molar-refractivity contribution >= 4 is 0 Å². The van der Waals surface area contributed by atoms with Crippen LogP contribution in [-0.2, 0) is 6.54 Å². The zero-order valence-electron chi connectivity index (χ0n) is 10.7. The highest BCUT2D eigenvalue weighted by molar-refractivity contribution is 5.52. The van der Waals surface area contributed by atoms with E-state index in [1.807, 2.05) is 29.3 Å². The van der Waals surface area contributed by atoms with Gasteiger partial charge in [0.2, 0.25) is 0 Å². The first-order valence-electron chi connectivity index (χ1n) is 6.40. The second-order valence-electron chi connectivity index (χ2n) is 4.71. The monoisotopic (exact) mass is 259 g/mol. The lowest BCUT2D eigenvalue weighted by atomic mass is 10.2. The zero-order valence-corrected chi connectivity index (χ0v) is 10.7. The second kappa shape index (κ2) is 5.48. The molecule has 6 nitrogen and oxygen atoms in total. The summed E-state index contributed by atoms with van der Waals surface area (Å²) in [4.78, 5) is 6.57. The molecule has 2 aromatic heterocycles. The van der Waals surface area contributed by atoms with Crippen LogP contribution in [0.25, 0.3) is 11.4 Å². The Kier molecular flexibility index (Phi) is 3.54. The summed E-state index contributed by atoms with van der Waals surface area (Å²) in [6.45, 7) is 4.46. The van der Waals surface area contributed by atoms with Crippen molar-refractivity contribution in [3.63, 3.8) is 0 Å². The van der Waals surface area contributed by atoms with E-state index in [0.717, 1.165) is 49.9 Å². The van der Waals surface area contributed by atoms with Crippen LogP contribution in [0.3, 0.4) is 0 Å². The Morgan fingerprint density at radius 1 is 1.16 bits per heavy atom. The number of rotatable bonds is 3. The maximum atomic E-state index is 5.73. The van der Waals surface area contributed by atoms with Crippen LogP contribution >= 0.6 is 0 Å². The van der Waals surface area contributed by atoms with Crippen LogP contribution in [0.1, 0.15) is 5.76 Å². The summed E-state index contributed by atoms with van der Waals surface area (Å²) >= 11 is 0. The number of nitrogens with two attached hydrogens (primary N) is 1. The molecular formula is C13H17N5O. The number of hydrazine groups is 1. The quantitative estimate of drug-likeness (QED) is 0.819. The van der Waals surface area contributed by atoms with Crippen molar-refractivity contribution in [2.75, 3.05) is 26.2 Å². The van der Waals surface area contributed by atoms with Gasteiger partial charge >= 0.3 is 0 Å². The third kappa shape index (κ3) is 2.98. The van der Waals surface area contributed by atoms with Gasteiger partial charge < -0.3 is 4.52 Å². The van der Waals surface area contributed by atoms with Crippen LogP contribution in [-0.4, -0.2) is 46.2 Å².